The first-order valence-electron chi connectivity index (χ1n) is 11.8. The number of hydrogen-bond acceptors (Lipinski definition) is 5. The van der Waals surface area contributed by atoms with Crippen LogP contribution in [0.2, 0.25) is 0 Å². The van der Waals surface area contributed by atoms with E-state index in [0.717, 1.165) is 80.4 Å². The number of halogens is 1. The Balaban J connectivity index is 1.29. The van der Waals surface area contributed by atoms with Crippen molar-refractivity contribution in [3.8, 4) is 0 Å². The van der Waals surface area contributed by atoms with Gasteiger partial charge < -0.3 is 5.32 Å². The summed E-state index contributed by atoms with van der Waals surface area (Å²) in [5.74, 6) is -0.0555. The zero-order valence-electron chi connectivity index (χ0n) is 18.7. The number of carbonyl (C=O) groups excluding carboxylic acids is 1. The van der Waals surface area contributed by atoms with Crippen LogP contribution in [0.3, 0.4) is 0 Å². The van der Waals surface area contributed by atoms with Crippen molar-refractivity contribution in [3.05, 3.63) is 70.1 Å². The van der Waals surface area contributed by atoms with Crippen LogP contribution in [0, 0.1) is 10.7 Å². The van der Waals surface area contributed by atoms with Crippen LogP contribution < -0.4 is 5.32 Å². The molecular weight excluding hydrogens is 419 g/mol. The number of rotatable bonds is 10. The van der Waals surface area contributed by atoms with E-state index in [1.165, 1.54) is 17.7 Å². The number of fused-ring (bicyclic) bond motifs is 2. The van der Waals surface area contributed by atoms with Gasteiger partial charge in [0.1, 0.15) is 11.6 Å². The molecule has 1 aliphatic heterocycles. The largest absolute Gasteiger partial charge is 0.370 e. The van der Waals surface area contributed by atoms with E-state index < -0.39 is 5.91 Å². The van der Waals surface area contributed by atoms with E-state index in [2.05, 4.69) is 27.6 Å². The van der Waals surface area contributed by atoms with Gasteiger partial charge in [0.05, 0.1) is 5.52 Å². The second-order valence-electron chi connectivity index (χ2n) is 8.79. The Morgan fingerprint density at radius 1 is 1.12 bits per heavy atom. The van der Waals surface area contributed by atoms with E-state index >= 15 is 0 Å². The summed E-state index contributed by atoms with van der Waals surface area (Å²) in [7, 11) is 0. The number of benzene rings is 1. The van der Waals surface area contributed by atoms with Crippen LogP contribution >= 0.6 is 0 Å². The van der Waals surface area contributed by atoms with E-state index in [1.807, 2.05) is 6.07 Å². The number of aryl methyl sites for hydroxylation is 2. The van der Waals surface area contributed by atoms with Crippen LogP contribution in [0.4, 0.5) is 10.2 Å². The zero-order valence-corrected chi connectivity index (χ0v) is 18.7. The number of hydrogen-bond donors (Lipinski definition) is 1. The fourth-order valence-corrected chi connectivity index (χ4v) is 4.53. The summed E-state index contributed by atoms with van der Waals surface area (Å²) in [5, 5.41) is 6.78. The van der Waals surface area contributed by atoms with Crippen LogP contribution in [-0.4, -0.2) is 22.4 Å². The van der Waals surface area contributed by atoms with E-state index in [4.69, 9.17) is 4.98 Å². The van der Waals surface area contributed by atoms with E-state index in [-0.39, 0.29) is 18.2 Å². The summed E-state index contributed by atoms with van der Waals surface area (Å²) in [6.07, 6.45) is 9.87. The maximum atomic E-state index is 13.4. The number of amides is 1. The van der Waals surface area contributed by atoms with Gasteiger partial charge in [0, 0.05) is 41.5 Å². The van der Waals surface area contributed by atoms with Gasteiger partial charge in [-0.25, -0.2) is 9.37 Å². The predicted molar refractivity (Wildman–Crippen MR) is 128 cm³/mol. The monoisotopic (exact) mass is 448 g/mol. The molecule has 0 saturated heterocycles. The lowest BCUT2D eigenvalue weighted by Gasteiger charge is -2.17. The topological polar surface area (TPSA) is 84.3 Å². The molecule has 6 nitrogen and oxygen atoms in total. The van der Waals surface area contributed by atoms with Gasteiger partial charge in [-0.05, 0) is 73.4 Å². The number of nitrogens with one attached hydrogen (secondary N) is 1. The Morgan fingerprint density at radius 3 is 2.88 bits per heavy atom. The third-order valence-corrected chi connectivity index (χ3v) is 6.35. The number of pyridine rings is 2. The Kier molecular flexibility index (Phi) is 7.70. The lowest BCUT2D eigenvalue weighted by Crippen LogP contribution is -2.13. The molecule has 1 amide bonds. The minimum atomic E-state index is -0.647. The molecule has 0 radical (unpaired) electrons. The molecule has 1 atom stereocenters. The Hall–Kier alpha value is -3.22. The van der Waals surface area contributed by atoms with Gasteiger partial charge in [-0.1, -0.05) is 25.3 Å². The molecule has 0 aliphatic carbocycles. The molecule has 0 fully saturated rings. The molecule has 3 heterocycles. The average Bonchev–Trinajstić information content (AvgIpc) is 2.84. The van der Waals surface area contributed by atoms with Crippen molar-refractivity contribution in [1.82, 2.24) is 9.97 Å². The van der Waals surface area contributed by atoms with Crippen molar-refractivity contribution in [2.75, 3.05) is 11.9 Å². The highest BCUT2D eigenvalue weighted by Gasteiger charge is 2.18. The fraction of sp³-hybridized carbons (Fsp3) is 0.423. The summed E-state index contributed by atoms with van der Waals surface area (Å²) in [6.45, 7) is 0.996. The molecule has 7 heteroatoms. The van der Waals surface area contributed by atoms with Crippen molar-refractivity contribution in [1.29, 1.82) is 0 Å². The molecule has 1 aliphatic rings. The molecule has 0 saturated carbocycles. The van der Waals surface area contributed by atoms with Crippen molar-refractivity contribution in [2.45, 2.75) is 63.7 Å². The molecular formula is C26H29FN4O2. The minimum absolute atomic E-state index is 0.0733. The van der Waals surface area contributed by atoms with Gasteiger partial charge in [0.15, 0.2) is 0 Å². The molecule has 33 heavy (non-hydrogen) atoms. The second-order valence-corrected chi connectivity index (χ2v) is 8.79. The quantitative estimate of drug-likeness (QED) is 0.300. The first-order chi connectivity index (χ1) is 16.1. The number of unbranched alkanes of at least 4 members (excludes halogenated alkanes) is 3. The van der Waals surface area contributed by atoms with E-state index in [1.54, 1.807) is 12.3 Å². The summed E-state index contributed by atoms with van der Waals surface area (Å²) >= 11 is 0. The fourth-order valence-electron chi connectivity index (χ4n) is 4.53. The van der Waals surface area contributed by atoms with Crippen molar-refractivity contribution >= 4 is 22.6 Å². The third-order valence-electron chi connectivity index (χ3n) is 6.35. The highest BCUT2D eigenvalue weighted by Crippen LogP contribution is 2.29. The van der Waals surface area contributed by atoms with Gasteiger partial charge >= 0.3 is 0 Å². The first kappa shape index (κ1) is 23.0. The smallest absolute Gasteiger partial charge is 0.286 e. The molecule has 3 aromatic rings. The number of anilines is 1. The third kappa shape index (κ3) is 6.18. The second kappa shape index (κ2) is 11.1. The van der Waals surface area contributed by atoms with Crippen LogP contribution in [0.5, 0.6) is 0 Å². The van der Waals surface area contributed by atoms with Crippen LogP contribution in [0.25, 0.3) is 10.9 Å². The van der Waals surface area contributed by atoms with Crippen molar-refractivity contribution < 1.29 is 9.18 Å². The molecule has 1 aromatic carbocycles. The summed E-state index contributed by atoms with van der Waals surface area (Å²) in [6, 6.07) is 10.7. The maximum Gasteiger partial charge on any atom is 0.286 e. The van der Waals surface area contributed by atoms with Gasteiger partial charge in [-0.3, -0.25) is 9.78 Å². The van der Waals surface area contributed by atoms with Gasteiger partial charge in [-0.2, -0.15) is 0 Å². The molecule has 1 N–H and O–H groups in total. The lowest BCUT2D eigenvalue weighted by molar-refractivity contribution is -0.118. The summed E-state index contributed by atoms with van der Waals surface area (Å²) in [5.41, 5.74) is 3.89. The maximum absolute atomic E-state index is 13.4. The highest BCUT2D eigenvalue weighted by atomic mass is 19.1. The molecule has 0 bridgehead atoms. The van der Waals surface area contributed by atoms with Gasteiger partial charge in [-0.15, -0.1) is 4.91 Å². The SMILES string of the molecule is O=NC(=O)CC(CCCCCCc1ccc2c(n1)NCCC2)c1cnc2cc(F)ccc2c1. The molecule has 4 rings (SSSR count). The van der Waals surface area contributed by atoms with Crippen molar-refractivity contribution in [3.63, 3.8) is 0 Å². The van der Waals surface area contributed by atoms with Gasteiger partial charge in [0.2, 0.25) is 0 Å². The summed E-state index contributed by atoms with van der Waals surface area (Å²) < 4.78 is 13.4. The molecule has 2 aromatic heterocycles. The average molecular weight is 449 g/mol. The molecule has 0 spiro atoms. The standard InChI is InChI=1S/C26H29FN4O2/c27-22-11-9-20-14-21(17-29-24(20)16-22)19(15-25(32)31-33)6-3-1-2-4-8-23-12-10-18-7-5-13-28-26(18)30-23/h9-12,14,16-17,19H,1-8,13,15H2,(H,28,30). The first-order valence-corrected chi connectivity index (χ1v) is 11.8. The Bertz CT molecular complexity index is 1130. The predicted octanol–water partition coefficient (Wildman–Crippen LogP) is 6.09. The molecule has 1 unspecified atom stereocenters. The van der Waals surface area contributed by atoms with Crippen molar-refractivity contribution in [2.24, 2.45) is 5.18 Å². The van der Waals surface area contributed by atoms with E-state index in [9.17, 15) is 14.1 Å². The highest BCUT2D eigenvalue weighted by molar-refractivity contribution is 5.80. The minimum Gasteiger partial charge on any atom is -0.370 e. The normalized spacial score (nSPS) is 13.8. The number of aromatic nitrogens is 2. The number of carbonyl (C=O) groups is 1. The zero-order chi connectivity index (χ0) is 23.0. The Labute approximate surface area is 193 Å². The van der Waals surface area contributed by atoms with Crippen LogP contribution in [-0.2, 0) is 17.6 Å². The lowest BCUT2D eigenvalue weighted by atomic mass is 9.90. The molecule has 172 valence electrons. The van der Waals surface area contributed by atoms with Gasteiger partial charge in [0.25, 0.3) is 5.91 Å². The number of nitrogens with zero attached hydrogens (tertiary/aromatic N) is 3. The van der Waals surface area contributed by atoms with Crippen LogP contribution in [0.1, 0.15) is 67.7 Å². The van der Waals surface area contributed by atoms with E-state index in [0.29, 0.717) is 5.52 Å². The Morgan fingerprint density at radius 2 is 2.00 bits per heavy atom. The van der Waals surface area contributed by atoms with Crippen LogP contribution in [0.15, 0.2) is 47.8 Å². The summed E-state index contributed by atoms with van der Waals surface area (Å²) in [4.78, 5) is 31.5. The number of nitroso groups, excluding NO2 is 1.